The Morgan fingerprint density at radius 1 is 1.00 bits per heavy atom. The average molecular weight is 486 g/mol. The van der Waals surface area contributed by atoms with Crippen LogP contribution in [0.1, 0.15) is 35.9 Å². The Hall–Kier alpha value is -3.77. The Bertz CT molecular complexity index is 1490. The van der Waals surface area contributed by atoms with E-state index in [0.717, 1.165) is 50.9 Å². The minimum Gasteiger partial charge on any atom is -0.497 e. The number of benzene rings is 3. The van der Waals surface area contributed by atoms with Crippen LogP contribution >= 0.6 is 11.6 Å². The Morgan fingerprint density at radius 2 is 1.80 bits per heavy atom. The molecule has 1 aliphatic carbocycles. The highest BCUT2D eigenvalue weighted by Gasteiger charge is 2.40. The van der Waals surface area contributed by atoms with Crippen LogP contribution in [0.3, 0.4) is 0 Å². The third-order valence-corrected chi connectivity index (χ3v) is 7.22. The molecule has 0 amide bonds. The molecule has 2 unspecified atom stereocenters. The molecule has 7 heteroatoms. The number of methoxy groups -OCH3 is 2. The van der Waals surface area contributed by atoms with Gasteiger partial charge in [0, 0.05) is 34.7 Å². The Labute approximate surface area is 208 Å². The smallest absolute Gasteiger partial charge is 0.209 e. The molecule has 1 N–H and O–H groups in total. The number of rotatable bonds is 4. The van der Waals surface area contributed by atoms with Crippen LogP contribution in [0.5, 0.6) is 11.5 Å². The molecule has 6 nitrogen and oxygen atoms in total. The number of halogens is 1. The third-order valence-electron chi connectivity index (χ3n) is 6.96. The van der Waals surface area contributed by atoms with Crippen LogP contribution in [0.2, 0.25) is 5.02 Å². The van der Waals surface area contributed by atoms with E-state index in [2.05, 4.69) is 9.88 Å². The van der Waals surface area contributed by atoms with E-state index in [1.807, 2.05) is 66.7 Å². The molecule has 35 heavy (non-hydrogen) atoms. The van der Waals surface area contributed by atoms with Crippen molar-refractivity contribution >= 4 is 34.4 Å². The molecule has 0 saturated carbocycles. The molecule has 176 valence electrons. The van der Waals surface area contributed by atoms with Crippen LogP contribution in [0.25, 0.3) is 11.0 Å². The van der Waals surface area contributed by atoms with E-state index in [0.29, 0.717) is 17.9 Å². The monoisotopic (exact) mass is 485 g/mol. The van der Waals surface area contributed by atoms with Gasteiger partial charge in [0.05, 0.1) is 31.3 Å². The van der Waals surface area contributed by atoms with Crippen LogP contribution < -0.4 is 14.8 Å². The summed E-state index contributed by atoms with van der Waals surface area (Å²) < 4.78 is 13.1. The molecule has 2 atom stereocenters. The number of fused-ring (bicyclic) bond motifs is 3. The summed E-state index contributed by atoms with van der Waals surface area (Å²) in [5.74, 6) is 2.28. The molecule has 0 fully saturated rings. The van der Waals surface area contributed by atoms with E-state index in [-0.39, 0.29) is 17.7 Å². The van der Waals surface area contributed by atoms with Gasteiger partial charge in [-0.25, -0.2) is 4.98 Å². The molecule has 0 radical (unpaired) electrons. The van der Waals surface area contributed by atoms with Gasteiger partial charge in [0.25, 0.3) is 0 Å². The van der Waals surface area contributed by atoms with E-state index in [1.165, 1.54) is 0 Å². The van der Waals surface area contributed by atoms with Crippen molar-refractivity contribution in [3.8, 4) is 11.5 Å². The quantitative estimate of drug-likeness (QED) is 0.377. The molecular formula is C28H24ClN3O3. The number of aromatic nitrogens is 2. The maximum absolute atomic E-state index is 13.8. The minimum atomic E-state index is -0.280. The highest BCUT2D eigenvalue weighted by atomic mass is 35.5. The summed E-state index contributed by atoms with van der Waals surface area (Å²) >= 11 is 6.20. The molecular weight excluding hydrogens is 462 g/mol. The lowest BCUT2D eigenvalue weighted by atomic mass is 9.77. The van der Waals surface area contributed by atoms with Gasteiger partial charge < -0.3 is 14.8 Å². The molecule has 1 aromatic heterocycles. The van der Waals surface area contributed by atoms with Crippen molar-refractivity contribution in [3.05, 3.63) is 94.1 Å². The van der Waals surface area contributed by atoms with Gasteiger partial charge >= 0.3 is 0 Å². The van der Waals surface area contributed by atoms with Crippen molar-refractivity contribution in [1.82, 2.24) is 9.55 Å². The first-order valence-electron chi connectivity index (χ1n) is 11.5. The fraction of sp³-hybridized carbons (Fsp3) is 0.214. The number of anilines is 1. The standard InChI is InChI=1S/C28H24ClN3O3/c1-34-19-11-12-20(25(15-19)35-2)17-13-22-26(24(33)14-17)27(16-7-9-18(29)10-8-16)32-23-6-4-3-5-21(23)30-28(32)31-22/h3-12,15,17,27H,13-14H2,1-2H3,(H,30,31). The molecule has 2 heterocycles. The SMILES string of the molecule is COc1ccc(C2CC(=O)C3=C(C2)Nc2nc4ccccc4n2C3c2ccc(Cl)cc2)c(OC)c1. The normalized spacial score (nSPS) is 19.2. The second-order valence-electron chi connectivity index (χ2n) is 8.90. The van der Waals surface area contributed by atoms with Gasteiger partial charge in [0.2, 0.25) is 5.95 Å². The highest BCUT2D eigenvalue weighted by Crippen LogP contribution is 2.47. The van der Waals surface area contributed by atoms with Crippen molar-refractivity contribution in [1.29, 1.82) is 0 Å². The third kappa shape index (κ3) is 3.56. The summed E-state index contributed by atoms with van der Waals surface area (Å²) in [6.07, 6.45) is 1.08. The Balaban J connectivity index is 1.49. The van der Waals surface area contributed by atoms with Gasteiger partial charge in [0.1, 0.15) is 11.5 Å². The second kappa shape index (κ2) is 8.47. The molecule has 6 rings (SSSR count). The lowest BCUT2D eigenvalue weighted by Gasteiger charge is -2.36. The number of ether oxygens (including phenoxy) is 2. The lowest BCUT2D eigenvalue weighted by molar-refractivity contribution is -0.116. The summed E-state index contributed by atoms with van der Waals surface area (Å²) in [4.78, 5) is 18.7. The Morgan fingerprint density at radius 3 is 2.57 bits per heavy atom. The summed E-state index contributed by atoms with van der Waals surface area (Å²) in [6.45, 7) is 0. The number of para-hydroxylation sites is 2. The number of Topliss-reactive ketones (excluding diaryl/α,β-unsaturated/α-hetero) is 1. The number of hydrogen-bond acceptors (Lipinski definition) is 5. The zero-order valence-corrected chi connectivity index (χ0v) is 20.2. The molecule has 4 aromatic rings. The number of hydrogen-bond donors (Lipinski definition) is 1. The number of allylic oxidation sites excluding steroid dienone is 2. The fourth-order valence-corrected chi connectivity index (χ4v) is 5.49. The zero-order chi connectivity index (χ0) is 24.1. The predicted molar refractivity (Wildman–Crippen MR) is 137 cm³/mol. The first kappa shape index (κ1) is 21.7. The van der Waals surface area contributed by atoms with Crippen LogP contribution in [0.4, 0.5) is 5.95 Å². The number of carbonyl (C=O) groups excluding carboxylic acids is 1. The maximum atomic E-state index is 13.8. The second-order valence-corrected chi connectivity index (χ2v) is 9.34. The van der Waals surface area contributed by atoms with Gasteiger partial charge in [-0.2, -0.15) is 0 Å². The van der Waals surface area contributed by atoms with Gasteiger partial charge in [-0.05, 0) is 47.9 Å². The van der Waals surface area contributed by atoms with Crippen LogP contribution in [0.15, 0.2) is 78.0 Å². The van der Waals surface area contributed by atoms with Crippen LogP contribution in [0, 0.1) is 0 Å². The number of ketones is 1. The zero-order valence-electron chi connectivity index (χ0n) is 19.4. The number of carbonyl (C=O) groups is 1. The maximum Gasteiger partial charge on any atom is 0.209 e. The molecule has 2 aliphatic rings. The lowest BCUT2D eigenvalue weighted by Crippen LogP contribution is -2.33. The summed E-state index contributed by atoms with van der Waals surface area (Å²) in [5.41, 5.74) is 5.56. The molecule has 1 aliphatic heterocycles. The number of imidazole rings is 1. The minimum absolute atomic E-state index is 0.0172. The van der Waals surface area contributed by atoms with Crippen LogP contribution in [-0.2, 0) is 4.79 Å². The number of nitrogens with zero attached hydrogens (tertiary/aromatic N) is 2. The summed E-state index contributed by atoms with van der Waals surface area (Å²) in [5, 5.41) is 4.17. The van der Waals surface area contributed by atoms with E-state index < -0.39 is 0 Å². The van der Waals surface area contributed by atoms with Gasteiger partial charge in [0.15, 0.2) is 5.78 Å². The van der Waals surface area contributed by atoms with E-state index in [4.69, 9.17) is 26.1 Å². The molecule has 0 saturated heterocycles. The van der Waals surface area contributed by atoms with Gasteiger partial charge in [-0.3, -0.25) is 9.36 Å². The van der Waals surface area contributed by atoms with E-state index in [9.17, 15) is 4.79 Å². The fourth-order valence-electron chi connectivity index (χ4n) is 5.36. The van der Waals surface area contributed by atoms with Crippen LogP contribution in [-0.4, -0.2) is 29.6 Å². The number of nitrogens with one attached hydrogen (secondary N) is 1. The largest absolute Gasteiger partial charge is 0.497 e. The topological polar surface area (TPSA) is 65.4 Å². The highest BCUT2D eigenvalue weighted by molar-refractivity contribution is 6.30. The molecule has 0 spiro atoms. The summed E-state index contributed by atoms with van der Waals surface area (Å²) in [7, 11) is 3.27. The van der Waals surface area contributed by atoms with E-state index in [1.54, 1.807) is 14.2 Å². The Kier molecular flexibility index (Phi) is 5.26. The van der Waals surface area contributed by atoms with Crippen molar-refractivity contribution in [2.75, 3.05) is 19.5 Å². The van der Waals surface area contributed by atoms with Crippen molar-refractivity contribution < 1.29 is 14.3 Å². The van der Waals surface area contributed by atoms with Crippen molar-refractivity contribution in [3.63, 3.8) is 0 Å². The predicted octanol–water partition coefficient (Wildman–Crippen LogP) is 6.12. The van der Waals surface area contributed by atoms with Gasteiger partial charge in [-0.1, -0.05) is 41.9 Å². The van der Waals surface area contributed by atoms with E-state index >= 15 is 0 Å². The average Bonchev–Trinajstić information content (AvgIpc) is 3.25. The molecule has 3 aromatic carbocycles. The van der Waals surface area contributed by atoms with Crippen molar-refractivity contribution in [2.24, 2.45) is 0 Å². The van der Waals surface area contributed by atoms with Gasteiger partial charge in [-0.15, -0.1) is 0 Å². The summed E-state index contributed by atoms with van der Waals surface area (Å²) in [6, 6.07) is 21.2. The van der Waals surface area contributed by atoms with Crippen molar-refractivity contribution in [2.45, 2.75) is 24.8 Å². The molecule has 0 bridgehead atoms. The first-order valence-corrected chi connectivity index (χ1v) is 11.9. The first-order chi connectivity index (χ1) is 17.1.